The minimum absolute atomic E-state index is 0.00813. The zero-order valence-electron chi connectivity index (χ0n) is 19.4. The summed E-state index contributed by atoms with van der Waals surface area (Å²) in [6, 6.07) is 5.43. The van der Waals surface area contributed by atoms with Crippen LogP contribution in [0, 0.1) is 24.0 Å². The molecule has 0 aliphatic heterocycles. The first kappa shape index (κ1) is 22.5. The van der Waals surface area contributed by atoms with E-state index in [9.17, 15) is 13.6 Å². The number of fused-ring (bicyclic) bond motifs is 5. The number of carbonyl (C=O) groups excluding carboxylic acids is 1. The van der Waals surface area contributed by atoms with Crippen LogP contribution in [0.25, 0.3) is 11.3 Å². The molecule has 2 aliphatic rings. The number of nitrogens with zero attached hydrogens (tertiary/aromatic N) is 4. The lowest BCUT2D eigenvalue weighted by molar-refractivity contribution is -0.164. The van der Waals surface area contributed by atoms with Crippen molar-refractivity contribution in [1.29, 1.82) is 0 Å². The molecule has 0 radical (unpaired) electrons. The zero-order valence-corrected chi connectivity index (χ0v) is 19.4. The smallest absolute Gasteiger partial charge is 0.322 e. The number of rotatable bonds is 6. The Morgan fingerprint density at radius 3 is 2.62 bits per heavy atom. The molecule has 178 valence electrons. The van der Waals surface area contributed by atoms with Crippen molar-refractivity contribution in [2.75, 3.05) is 5.32 Å². The van der Waals surface area contributed by atoms with Crippen LogP contribution in [0.2, 0.25) is 0 Å². The third kappa shape index (κ3) is 3.23. The van der Waals surface area contributed by atoms with Gasteiger partial charge in [-0.1, -0.05) is 31.9 Å². The molecule has 1 aromatic carbocycles. The van der Waals surface area contributed by atoms with E-state index in [-0.39, 0.29) is 23.2 Å². The van der Waals surface area contributed by atoms with Crippen LogP contribution in [-0.4, -0.2) is 32.4 Å². The van der Waals surface area contributed by atoms with E-state index in [1.807, 2.05) is 6.92 Å². The predicted molar refractivity (Wildman–Crippen MR) is 118 cm³/mol. The Morgan fingerprint density at radius 2 is 1.97 bits per heavy atom. The largest absolute Gasteiger partial charge is 0.408 e. The first-order valence-electron chi connectivity index (χ1n) is 11.3. The fraction of sp³-hybridized carbons (Fsp3) is 0.458. The Balaban J connectivity index is 1.50. The van der Waals surface area contributed by atoms with Crippen LogP contribution in [-0.2, 0) is 15.1 Å². The van der Waals surface area contributed by atoms with E-state index in [4.69, 9.17) is 9.15 Å². The maximum atomic E-state index is 14.4. The molecule has 5 rings (SSSR count). The van der Waals surface area contributed by atoms with Crippen LogP contribution in [0.4, 0.5) is 14.8 Å². The molecule has 2 bridgehead atoms. The van der Waals surface area contributed by atoms with E-state index in [1.54, 1.807) is 13.0 Å². The highest BCUT2D eigenvalue weighted by Gasteiger charge is 2.65. The molecule has 1 fully saturated rings. The molecule has 3 aromatic rings. The standard InChI is InChI=1S/C24H25F2N5O3/c1-5-18(21(32)27-22-31-28-12(2)33-22)34-24-10-9-14(23(24,3)4)13-11-17(29-30-20(13)24)19-15(25)7-6-8-16(19)26/h6-8,11,14,18H,5,9-10H2,1-4H3,(H,27,31,32)/t14-,18?,24-/m0/s1. The Hall–Kier alpha value is -3.27. The fourth-order valence-electron chi connectivity index (χ4n) is 5.49. The Labute approximate surface area is 195 Å². The van der Waals surface area contributed by atoms with Gasteiger partial charge in [0.25, 0.3) is 5.91 Å². The first-order chi connectivity index (χ1) is 16.2. The Kier molecular flexibility index (Phi) is 5.23. The van der Waals surface area contributed by atoms with Crippen molar-refractivity contribution in [3.63, 3.8) is 0 Å². The maximum absolute atomic E-state index is 14.4. The van der Waals surface area contributed by atoms with Crippen molar-refractivity contribution < 1.29 is 22.7 Å². The van der Waals surface area contributed by atoms with Crippen molar-refractivity contribution in [1.82, 2.24) is 20.4 Å². The van der Waals surface area contributed by atoms with Gasteiger partial charge in [-0.05, 0) is 48.9 Å². The Morgan fingerprint density at radius 1 is 1.24 bits per heavy atom. The summed E-state index contributed by atoms with van der Waals surface area (Å²) in [5, 5.41) is 18.7. The molecule has 3 atom stereocenters. The molecule has 2 heterocycles. The predicted octanol–water partition coefficient (Wildman–Crippen LogP) is 4.66. The molecule has 0 spiro atoms. The highest BCUT2D eigenvalue weighted by atomic mass is 19.1. The molecule has 10 heteroatoms. The first-order valence-corrected chi connectivity index (χ1v) is 11.3. The van der Waals surface area contributed by atoms with Crippen LogP contribution < -0.4 is 5.32 Å². The minimum atomic E-state index is -0.866. The van der Waals surface area contributed by atoms with Crippen LogP contribution in [0.3, 0.4) is 0 Å². The highest BCUT2D eigenvalue weighted by Crippen LogP contribution is 2.68. The van der Waals surface area contributed by atoms with Crippen molar-refractivity contribution >= 4 is 11.9 Å². The molecular formula is C24H25F2N5O3. The molecule has 1 unspecified atom stereocenters. The van der Waals surface area contributed by atoms with Gasteiger partial charge < -0.3 is 9.15 Å². The summed E-state index contributed by atoms with van der Waals surface area (Å²) in [5.74, 6) is -1.40. The maximum Gasteiger partial charge on any atom is 0.322 e. The van der Waals surface area contributed by atoms with Gasteiger partial charge in [0.15, 0.2) is 0 Å². The van der Waals surface area contributed by atoms with Gasteiger partial charge in [-0.3, -0.25) is 10.1 Å². The number of amides is 1. The molecule has 1 saturated carbocycles. The monoisotopic (exact) mass is 469 g/mol. The molecule has 1 N–H and O–H groups in total. The summed E-state index contributed by atoms with van der Waals surface area (Å²) >= 11 is 0. The Bertz CT molecular complexity index is 1260. The number of aromatic nitrogens is 4. The van der Waals surface area contributed by atoms with Crippen LogP contribution in [0.5, 0.6) is 0 Å². The average Bonchev–Trinajstić information content (AvgIpc) is 3.37. The molecule has 8 nitrogen and oxygen atoms in total. The number of ether oxygens (including phenoxy) is 1. The summed E-state index contributed by atoms with van der Waals surface area (Å²) in [6.07, 6.45) is 1.05. The lowest BCUT2D eigenvalue weighted by Crippen LogP contribution is -2.45. The molecule has 34 heavy (non-hydrogen) atoms. The number of hydrogen-bond donors (Lipinski definition) is 1. The number of nitrogens with one attached hydrogen (secondary N) is 1. The van der Waals surface area contributed by atoms with Gasteiger partial charge in [0, 0.05) is 12.3 Å². The van der Waals surface area contributed by atoms with Crippen LogP contribution in [0.15, 0.2) is 28.7 Å². The number of hydrogen-bond acceptors (Lipinski definition) is 7. The third-order valence-corrected chi connectivity index (χ3v) is 7.26. The molecule has 0 saturated heterocycles. The van der Waals surface area contributed by atoms with E-state index in [0.29, 0.717) is 24.4 Å². The molecule has 1 amide bonds. The van der Waals surface area contributed by atoms with E-state index >= 15 is 0 Å². The van der Waals surface area contributed by atoms with Crippen molar-refractivity contribution in [2.24, 2.45) is 5.41 Å². The quantitative estimate of drug-likeness (QED) is 0.560. The van der Waals surface area contributed by atoms with Gasteiger partial charge in [0.2, 0.25) is 5.89 Å². The normalized spacial score (nSPS) is 23.1. The minimum Gasteiger partial charge on any atom is -0.408 e. The SMILES string of the molecule is CCC(O[C@@]12CC[C@@H](c3cc(-c4c(F)cccc4F)nnc31)C2(C)C)C(=O)Nc1nnc(C)o1. The van der Waals surface area contributed by atoms with E-state index in [2.05, 4.69) is 39.6 Å². The van der Waals surface area contributed by atoms with Gasteiger partial charge in [-0.25, -0.2) is 8.78 Å². The summed E-state index contributed by atoms with van der Waals surface area (Å²) in [5.41, 5.74) is 0.138. The topological polar surface area (TPSA) is 103 Å². The van der Waals surface area contributed by atoms with Crippen LogP contribution >= 0.6 is 0 Å². The fourth-order valence-corrected chi connectivity index (χ4v) is 5.49. The van der Waals surface area contributed by atoms with E-state index < -0.39 is 34.7 Å². The number of aryl methyl sites for hydroxylation is 1. The molecule has 2 aliphatic carbocycles. The van der Waals surface area contributed by atoms with Crippen molar-refractivity contribution in [2.45, 2.75) is 64.6 Å². The number of carbonyl (C=O) groups is 1. The second kappa shape index (κ2) is 7.90. The number of anilines is 1. The van der Waals surface area contributed by atoms with Crippen molar-refractivity contribution in [3.8, 4) is 11.3 Å². The average molecular weight is 469 g/mol. The van der Waals surface area contributed by atoms with Gasteiger partial charge in [0.05, 0.1) is 17.0 Å². The lowest BCUT2D eigenvalue weighted by Gasteiger charge is -2.39. The number of halogens is 2. The number of benzene rings is 1. The van der Waals surface area contributed by atoms with Crippen LogP contribution in [0.1, 0.15) is 63.1 Å². The lowest BCUT2D eigenvalue weighted by atomic mass is 9.77. The molecule has 2 aromatic heterocycles. The van der Waals surface area contributed by atoms with E-state index in [1.165, 1.54) is 18.2 Å². The van der Waals surface area contributed by atoms with Gasteiger partial charge in [-0.2, -0.15) is 5.10 Å². The van der Waals surface area contributed by atoms with Crippen molar-refractivity contribution in [3.05, 3.63) is 53.0 Å². The summed E-state index contributed by atoms with van der Waals surface area (Å²) in [7, 11) is 0. The van der Waals surface area contributed by atoms with E-state index in [0.717, 1.165) is 12.0 Å². The van der Waals surface area contributed by atoms with Gasteiger partial charge >= 0.3 is 6.01 Å². The second-order valence-corrected chi connectivity index (χ2v) is 9.40. The third-order valence-electron chi connectivity index (χ3n) is 7.26. The molecular weight excluding hydrogens is 444 g/mol. The summed E-state index contributed by atoms with van der Waals surface area (Å²) in [6.45, 7) is 7.63. The zero-order chi connectivity index (χ0) is 24.3. The summed E-state index contributed by atoms with van der Waals surface area (Å²) in [4.78, 5) is 13.0. The summed E-state index contributed by atoms with van der Waals surface area (Å²) < 4.78 is 40.6. The highest BCUT2D eigenvalue weighted by molar-refractivity contribution is 5.92. The van der Waals surface area contributed by atoms with Gasteiger partial charge in [-0.15, -0.1) is 10.2 Å². The van der Waals surface area contributed by atoms with Gasteiger partial charge in [0.1, 0.15) is 23.3 Å². The second-order valence-electron chi connectivity index (χ2n) is 9.40.